The summed E-state index contributed by atoms with van der Waals surface area (Å²) in [5.41, 5.74) is 2.71. The Bertz CT molecular complexity index is 227. The van der Waals surface area contributed by atoms with Crippen molar-refractivity contribution in [1.82, 2.24) is 10.3 Å². The third kappa shape index (κ3) is 4.91. The van der Waals surface area contributed by atoms with Crippen LogP contribution in [0.3, 0.4) is 0 Å². The Hall–Kier alpha value is -0.810. The van der Waals surface area contributed by atoms with Crippen molar-refractivity contribution in [2.45, 2.75) is 44.6 Å². The van der Waals surface area contributed by atoms with Gasteiger partial charge in [-0.1, -0.05) is 19.3 Å². The third-order valence-electron chi connectivity index (χ3n) is 3.35. The van der Waals surface area contributed by atoms with Gasteiger partial charge in [0, 0.05) is 33.4 Å². The zero-order valence-corrected chi connectivity index (χ0v) is 11.1. The van der Waals surface area contributed by atoms with Crippen LogP contribution in [0.25, 0.3) is 0 Å². The van der Waals surface area contributed by atoms with Gasteiger partial charge in [0.25, 0.3) is 0 Å². The second kappa shape index (κ2) is 8.31. The minimum atomic E-state index is 0.584. The van der Waals surface area contributed by atoms with Crippen molar-refractivity contribution in [1.29, 1.82) is 0 Å². The summed E-state index contributed by atoms with van der Waals surface area (Å²) in [6.07, 6.45) is 7.42. The van der Waals surface area contributed by atoms with E-state index in [-0.39, 0.29) is 0 Å². The van der Waals surface area contributed by atoms with Crippen molar-refractivity contribution in [3.8, 4) is 0 Å². The van der Waals surface area contributed by atoms with E-state index in [9.17, 15) is 0 Å². The molecule has 0 radical (unpaired) electrons. The normalized spacial score (nSPS) is 18.2. The fraction of sp³-hybridized carbons (Fsp3) is 0.917. The van der Waals surface area contributed by atoms with Crippen LogP contribution in [0.15, 0.2) is 4.99 Å². The highest BCUT2D eigenvalue weighted by atomic mass is 16.5. The van der Waals surface area contributed by atoms with Crippen molar-refractivity contribution in [2.24, 2.45) is 10.8 Å². The van der Waals surface area contributed by atoms with Gasteiger partial charge in [-0.25, -0.2) is 5.84 Å². The van der Waals surface area contributed by atoms with Crippen LogP contribution < -0.4 is 11.3 Å². The number of nitrogens with zero attached hydrogens (tertiary/aromatic N) is 2. The molecule has 0 saturated heterocycles. The van der Waals surface area contributed by atoms with Gasteiger partial charge in [-0.2, -0.15) is 0 Å². The fourth-order valence-corrected chi connectivity index (χ4v) is 2.29. The molecule has 0 aliphatic heterocycles. The molecule has 1 aliphatic carbocycles. The molecule has 0 unspecified atom stereocenters. The van der Waals surface area contributed by atoms with Gasteiger partial charge < -0.3 is 9.64 Å². The molecule has 0 aromatic rings. The minimum absolute atomic E-state index is 0.584. The molecule has 1 saturated carbocycles. The summed E-state index contributed by atoms with van der Waals surface area (Å²) in [4.78, 5) is 6.67. The van der Waals surface area contributed by atoms with E-state index in [0.29, 0.717) is 6.04 Å². The molecule has 3 N–H and O–H groups in total. The highest BCUT2D eigenvalue weighted by molar-refractivity contribution is 5.79. The number of aliphatic imine (C=N–C) groups is 1. The zero-order valence-electron chi connectivity index (χ0n) is 11.1. The van der Waals surface area contributed by atoms with E-state index >= 15 is 0 Å². The predicted molar refractivity (Wildman–Crippen MR) is 70.8 cm³/mol. The molecular formula is C12H26N4O. The Kier molecular flexibility index (Phi) is 6.96. The molecule has 0 amide bonds. The highest BCUT2D eigenvalue weighted by Crippen LogP contribution is 2.21. The van der Waals surface area contributed by atoms with Crippen molar-refractivity contribution in [2.75, 3.05) is 27.3 Å². The maximum Gasteiger partial charge on any atom is 0.208 e. The van der Waals surface area contributed by atoms with Crippen LogP contribution in [0.1, 0.15) is 38.5 Å². The first-order valence-electron chi connectivity index (χ1n) is 6.52. The molecule has 0 spiro atoms. The van der Waals surface area contributed by atoms with Gasteiger partial charge in [0.15, 0.2) is 0 Å². The Morgan fingerprint density at radius 2 is 2.12 bits per heavy atom. The first kappa shape index (κ1) is 14.3. The smallest absolute Gasteiger partial charge is 0.208 e. The number of rotatable bonds is 5. The number of nitrogens with one attached hydrogen (secondary N) is 1. The van der Waals surface area contributed by atoms with Crippen LogP contribution in [0.2, 0.25) is 0 Å². The lowest BCUT2D eigenvalue weighted by Crippen LogP contribution is -2.48. The molecule has 0 atom stereocenters. The van der Waals surface area contributed by atoms with Gasteiger partial charge in [0.1, 0.15) is 0 Å². The predicted octanol–water partition coefficient (Wildman–Crippen LogP) is 1.11. The molecule has 0 aromatic carbocycles. The monoisotopic (exact) mass is 242 g/mol. The maximum atomic E-state index is 5.54. The Morgan fingerprint density at radius 3 is 2.71 bits per heavy atom. The van der Waals surface area contributed by atoms with Crippen LogP contribution in [-0.2, 0) is 4.74 Å². The molecular weight excluding hydrogens is 216 g/mol. The summed E-state index contributed by atoms with van der Waals surface area (Å²) in [6, 6.07) is 0.584. The van der Waals surface area contributed by atoms with Gasteiger partial charge >= 0.3 is 0 Å². The first-order valence-corrected chi connectivity index (χ1v) is 6.52. The summed E-state index contributed by atoms with van der Waals surface area (Å²) < 4.78 is 5.00. The molecule has 1 rings (SSSR count). The SMILES string of the molecule is COCCCN=C(NN)N(C)C1CCCCC1. The molecule has 0 heterocycles. The Balaban J connectivity index is 2.41. The van der Waals surface area contributed by atoms with E-state index < -0.39 is 0 Å². The lowest BCUT2D eigenvalue weighted by Gasteiger charge is -2.33. The van der Waals surface area contributed by atoms with Crippen LogP contribution in [-0.4, -0.2) is 44.2 Å². The van der Waals surface area contributed by atoms with Gasteiger partial charge in [0.2, 0.25) is 5.96 Å². The van der Waals surface area contributed by atoms with Crippen LogP contribution in [0, 0.1) is 0 Å². The molecule has 0 bridgehead atoms. The molecule has 0 aromatic heterocycles. The summed E-state index contributed by atoms with van der Waals surface area (Å²) in [5.74, 6) is 6.34. The van der Waals surface area contributed by atoms with Crippen LogP contribution >= 0.6 is 0 Å². The largest absolute Gasteiger partial charge is 0.385 e. The van der Waals surface area contributed by atoms with Crippen molar-refractivity contribution in [3.05, 3.63) is 0 Å². The maximum absolute atomic E-state index is 5.54. The number of hydrazine groups is 1. The standard InChI is InChI=1S/C12H26N4O/c1-16(11-7-4-3-5-8-11)12(15-13)14-9-6-10-17-2/h11H,3-10,13H2,1-2H3,(H,14,15). The molecule has 1 fully saturated rings. The fourth-order valence-electron chi connectivity index (χ4n) is 2.29. The van der Waals surface area contributed by atoms with Crippen molar-refractivity contribution in [3.63, 3.8) is 0 Å². The van der Waals surface area contributed by atoms with Crippen molar-refractivity contribution >= 4 is 5.96 Å². The summed E-state index contributed by atoms with van der Waals surface area (Å²) in [6.45, 7) is 1.50. The Labute approximate surface area is 104 Å². The van der Waals surface area contributed by atoms with Gasteiger partial charge in [-0.3, -0.25) is 10.4 Å². The summed E-state index contributed by atoms with van der Waals surface area (Å²) in [7, 11) is 3.78. The van der Waals surface area contributed by atoms with Gasteiger partial charge in [-0.05, 0) is 19.3 Å². The van der Waals surface area contributed by atoms with E-state index in [2.05, 4.69) is 22.4 Å². The number of hydrogen-bond donors (Lipinski definition) is 2. The number of methoxy groups -OCH3 is 1. The zero-order chi connectivity index (χ0) is 12.5. The molecule has 1 aliphatic rings. The minimum Gasteiger partial charge on any atom is -0.385 e. The van der Waals surface area contributed by atoms with E-state index in [1.807, 2.05) is 0 Å². The summed E-state index contributed by atoms with van der Waals surface area (Å²) >= 11 is 0. The number of hydrogen-bond acceptors (Lipinski definition) is 3. The molecule has 5 heteroatoms. The number of guanidine groups is 1. The average molecular weight is 242 g/mol. The van der Waals surface area contributed by atoms with Crippen LogP contribution in [0.4, 0.5) is 0 Å². The first-order chi connectivity index (χ1) is 8.29. The molecule has 5 nitrogen and oxygen atoms in total. The second-order valence-corrected chi connectivity index (χ2v) is 4.60. The van der Waals surface area contributed by atoms with E-state index in [4.69, 9.17) is 10.6 Å². The van der Waals surface area contributed by atoms with Crippen LogP contribution in [0.5, 0.6) is 0 Å². The lowest BCUT2D eigenvalue weighted by molar-refractivity contribution is 0.196. The second-order valence-electron chi connectivity index (χ2n) is 4.60. The van der Waals surface area contributed by atoms with Gasteiger partial charge in [-0.15, -0.1) is 0 Å². The van der Waals surface area contributed by atoms with E-state index in [1.54, 1.807) is 7.11 Å². The molecule has 100 valence electrons. The van der Waals surface area contributed by atoms with E-state index in [1.165, 1.54) is 32.1 Å². The topological polar surface area (TPSA) is 62.9 Å². The Morgan fingerprint density at radius 1 is 1.41 bits per heavy atom. The average Bonchev–Trinajstić information content (AvgIpc) is 2.39. The quantitative estimate of drug-likeness (QED) is 0.249. The third-order valence-corrected chi connectivity index (χ3v) is 3.35. The molecule has 17 heavy (non-hydrogen) atoms. The van der Waals surface area contributed by atoms with E-state index in [0.717, 1.165) is 25.5 Å². The summed E-state index contributed by atoms with van der Waals surface area (Å²) in [5, 5.41) is 0. The number of nitrogens with two attached hydrogens (primary N) is 1. The lowest BCUT2D eigenvalue weighted by atomic mass is 9.95. The highest BCUT2D eigenvalue weighted by Gasteiger charge is 2.20. The number of ether oxygens (including phenoxy) is 1. The van der Waals surface area contributed by atoms with Crippen molar-refractivity contribution < 1.29 is 4.74 Å². The van der Waals surface area contributed by atoms with Gasteiger partial charge in [0.05, 0.1) is 0 Å².